The molecule has 0 N–H and O–H groups in total. The zero-order chi connectivity index (χ0) is 10.3. The average Bonchev–Trinajstić information content (AvgIpc) is 2.84. The van der Waals surface area contributed by atoms with Crippen molar-refractivity contribution in [2.24, 2.45) is 0 Å². The summed E-state index contributed by atoms with van der Waals surface area (Å²) in [6, 6.07) is 10.2. The quantitative estimate of drug-likeness (QED) is 0.695. The van der Waals surface area contributed by atoms with Crippen LogP contribution in [0.1, 0.15) is 12.5 Å². The summed E-state index contributed by atoms with van der Waals surface area (Å²) in [5, 5.41) is 4.18. The Balaban J connectivity index is 1.94. The summed E-state index contributed by atoms with van der Waals surface area (Å²) < 4.78 is 7.24. The topological polar surface area (TPSA) is 30.4 Å². The molecule has 1 atom stereocenters. The van der Waals surface area contributed by atoms with Gasteiger partial charge in [-0.2, -0.15) is 5.10 Å². The van der Waals surface area contributed by atoms with Crippen molar-refractivity contribution in [1.29, 1.82) is 0 Å². The van der Waals surface area contributed by atoms with Crippen LogP contribution in [0.25, 0.3) is 5.69 Å². The first-order valence-corrected chi connectivity index (χ1v) is 5.02. The molecule has 1 aliphatic rings. The fourth-order valence-corrected chi connectivity index (χ4v) is 1.66. The molecule has 0 bridgehead atoms. The van der Waals surface area contributed by atoms with Gasteiger partial charge in [-0.05, 0) is 30.7 Å². The van der Waals surface area contributed by atoms with E-state index in [1.807, 2.05) is 16.9 Å². The van der Waals surface area contributed by atoms with Crippen LogP contribution in [-0.4, -0.2) is 16.4 Å². The maximum atomic E-state index is 5.39. The fourth-order valence-electron chi connectivity index (χ4n) is 1.66. The molecule has 1 aliphatic heterocycles. The average molecular weight is 200 g/mol. The second kappa shape index (κ2) is 2.94. The Morgan fingerprint density at radius 3 is 2.60 bits per heavy atom. The second-order valence-electron chi connectivity index (χ2n) is 4.02. The molecule has 0 spiro atoms. The van der Waals surface area contributed by atoms with Crippen LogP contribution < -0.4 is 0 Å². The van der Waals surface area contributed by atoms with Gasteiger partial charge in [0, 0.05) is 12.4 Å². The molecule has 0 amide bonds. The third kappa shape index (κ3) is 1.45. The van der Waals surface area contributed by atoms with Crippen molar-refractivity contribution in [3.05, 3.63) is 48.3 Å². The monoisotopic (exact) mass is 200 g/mol. The zero-order valence-electron chi connectivity index (χ0n) is 8.55. The molecule has 0 radical (unpaired) electrons. The lowest BCUT2D eigenvalue weighted by molar-refractivity contribution is 0.329. The van der Waals surface area contributed by atoms with E-state index in [1.165, 1.54) is 5.56 Å². The molecule has 3 heteroatoms. The van der Waals surface area contributed by atoms with Gasteiger partial charge < -0.3 is 4.74 Å². The number of nitrogens with zero attached hydrogens (tertiary/aromatic N) is 2. The van der Waals surface area contributed by atoms with Crippen molar-refractivity contribution in [2.75, 3.05) is 6.61 Å². The van der Waals surface area contributed by atoms with Crippen molar-refractivity contribution in [1.82, 2.24) is 9.78 Å². The molecular weight excluding hydrogens is 188 g/mol. The number of epoxide rings is 1. The molecule has 0 aliphatic carbocycles. The number of hydrogen-bond acceptors (Lipinski definition) is 2. The molecule has 2 heterocycles. The lowest BCUT2D eigenvalue weighted by Crippen LogP contribution is -2.02. The molecular formula is C12H12N2O. The van der Waals surface area contributed by atoms with Gasteiger partial charge >= 0.3 is 0 Å². The normalized spacial score (nSPS) is 24.1. The van der Waals surface area contributed by atoms with Crippen LogP contribution in [0.3, 0.4) is 0 Å². The van der Waals surface area contributed by atoms with Crippen molar-refractivity contribution >= 4 is 0 Å². The minimum absolute atomic E-state index is 0.0390. The van der Waals surface area contributed by atoms with Crippen LogP contribution in [0.15, 0.2) is 42.7 Å². The Hall–Kier alpha value is -1.61. The summed E-state index contributed by atoms with van der Waals surface area (Å²) >= 11 is 0. The van der Waals surface area contributed by atoms with Crippen LogP contribution in [0, 0.1) is 0 Å². The minimum atomic E-state index is -0.0390. The van der Waals surface area contributed by atoms with Gasteiger partial charge in [0.15, 0.2) is 0 Å². The highest BCUT2D eigenvalue weighted by molar-refractivity contribution is 5.37. The van der Waals surface area contributed by atoms with Gasteiger partial charge in [0.1, 0.15) is 5.60 Å². The largest absolute Gasteiger partial charge is 0.365 e. The molecule has 15 heavy (non-hydrogen) atoms. The number of rotatable bonds is 2. The van der Waals surface area contributed by atoms with Crippen LogP contribution in [0.2, 0.25) is 0 Å². The molecule has 76 valence electrons. The van der Waals surface area contributed by atoms with Gasteiger partial charge in [0.05, 0.1) is 12.3 Å². The molecule has 1 unspecified atom stereocenters. The van der Waals surface area contributed by atoms with Crippen LogP contribution >= 0.6 is 0 Å². The van der Waals surface area contributed by atoms with Gasteiger partial charge in [-0.3, -0.25) is 0 Å². The molecule has 2 aromatic rings. The van der Waals surface area contributed by atoms with Gasteiger partial charge in [-0.15, -0.1) is 0 Å². The Morgan fingerprint density at radius 2 is 2.07 bits per heavy atom. The van der Waals surface area contributed by atoms with Crippen LogP contribution in [0.4, 0.5) is 0 Å². The summed E-state index contributed by atoms with van der Waals surface area (Å²) in [5.41, 5.74) is 2.27. The third-order valence-electron chi connectivity index (χ3n) is 2.82. The lowest BCUT2D eigenvalue weighted by Gasteiger charge is -2.06. The van der Waals surface area contributed by atoms with E-state index in [1.54, 1.807) is 6.20 Å². The number of hydrogen-bond donors (Lipinski definition) is 0. The standard InChI is InChI=1S/C12H12N2O/c1-12(9-15-12)10-3-5-11(6-4-10)14-8-2-7-13-14/h2-8H,9H2,1H3. The summed E-state index contributed by atoms with van der Waals surface area (Å²) in [5.74, 6) is 0. The summed E-state index contributed by atoms with van der Waals surface area (Å²) in [7, 11) is 0. The highest BCUT2D eigenvalue weighted by Crippen LogP contribution is 2.37. The number of aromatic nitrogens is 2. The van der Waals surface area contributed by atoms with E-state index < -0.39 is 0 Å². The molecule has 1 saturated heterocycles. The van der Waals surface area contributed by atoms with Crippen molar-refractivity contribution in [3.8, 4) is 5.69 Å². The Labute approximate surface area is 88.3 Å². The van der Waals surface area contributed by atoms with E-state index in [4.69, 9.17) is 4.74 Å². The SMILES string of the molecule is CC1(c2ccc(-n3cccn3)cc2)CO1. The lowest BCUT2D eigenvalue weighted by atomic mass is 10.0. The van der Waals surface area contributed by atoms with E-state index in [9.17, 15) is 0 Å². The summed E-state index contributed by atoms with van der Waals surface area (Å²) in [6.07, 6.45) is 3.71. The fraction of sp³-hybridized carbons (Fsp3) is 0.250. The summed E-state index contributed by atoms with van der Waals surface area (Å²) in [4.78, 5) is 0. The van der Waals surface area contributed by atoms with Gasteiger partial charge in [0.25, 0.3) is 0 Å². The van der Waals surface area contributed by atoms with E-state index in [0.29, 0.717) is 0 Å². The zero-order valence-corrected chi connectivity index (χ0v) is 8.55. The first kappa shape index (κ1) is 8.68. The first-order chi connectivity index (χ1) is 7.28. The van der Waals surface area contributed by atoms with Gasteiger partial charge in [-0.25, -0.2) is 4.68 Å². The number of ether oxygens (including phenoxy) is 1. The maximum absolute atomic E-state index is 5.39. The van der Waals surface area contributed by atoms with E-state index in [-0.39, 0.29) is 5.60 Å². The van der Waals surface area contributed by atoms with Gasteiger partial charge in [-0.1, -0.05) is 12.1 Å². The Bertz CT molecular complexity index is 455. The highest BCUT2D eigenvalue weighted by atomic mass is 16.6. The third-order valence-corrected chi connectivity index (χ3v) is 2.82. The first-order valence-electron chi connectivity index (χ1n) is 5.02. The van der Waals surface area contributed by atoms with Crippen LogP contribution in [0.5, 0.6) is 0 Å². The molecule has 1 fully saturated rings. The predicted octanol–water partition coefficient (Wildman–Crippen LogP) is 2.12. The molecule has 0 saturated carbocycles. The molecule has 3 rings (SSSR count). The Morgan fingerprint density at radius 1 is 1.33 bits per heavy atom. The summed E-state index contributed by atoms with van der Waals surface area (Å²) in [6.45, 7) is 2.93. The van der Waals surface area contributed by atoms with Crippen molar-refractivity contribution in [3.63, 3.8) is 0 Å². The second-order valence-corrected chi connectivity index (χ2v) is 4.02. The maximum Gasteiger partial charge on any atom is 0.114 e. The van der Waals surface area contributed by atoms with E-state index >= 15 is 0 Å². The van der Waals surface area contributed by atoms with E-state index in [2.05, 4.69) is 36.3 Å². The Kier molecular flexibility index (Phi) is 1.70. The van der Waals surface area contributed by atoms with Crippen molar-refractivity contribution < 1.29 is 4.74 Å². The smallest absolute Gasteiger partial charge is 0.114 e. The van der Waals surface area contributed by atoms with E-state index in [0.717, 1.165) is 12.3 Å². The predicted molar refractivity (Wildman–Crippen MR) is 56.9 cm³/mol. The number of benzene rings is 1. The highest BCUT2D eigenvalue weighted by Gasteiger charge is 2.40. The molecule has 3 nitrogen and oxygen atoms in total. The van der Waals surface area contributed by atoms with Crippen molar-refractivity contribution in [2.45, 2.75) is 12.5 Å². The van der Waals surface area contributed by atoms with Gasteiger partial charge in [0.2, 0.25) is 0 Å². The van der Waals surface area contributed by atoms with Crippen LogP contribution in [-0.2, 0) is 10.3 Å². The molecule has 1 aromatic heterocycles. The molecule has 1 aromatic carbocycles. The minimum Gasteiger partial charge on any atom is -0.365 e.